The molecule has 0 saturated carbocycles. The number of rotatable bonds is 2. The van der Waals surface area contributed by atoms with E-state index in [1.807, 2.05) is 6.07 Å². The van der Waals surface area contributed by atoms with Crippen LogP contribution in [-0.4, -0.2) is 9.62 Å². The number of halogens is 2. The number of hydrogen-bond acceptors (Lipinski definition) is 1. The van der Waals surface area contributed by atoms with Crippen LogP contribution >= 0.6 is 15.9 Å². The highest BCUT2D eigenvalue weighted by Crippen LogP contribution is 2.28. The second-order valence-corrected chi connectivity index (χ2v) is 5.29. The molecule has 1 aromatic carbocycles. The predicted octanol–water partition coefficient (Wildman–Crippen LogP) is 3.97. The van der Waals surface area contributed by atoms with Crippen LogP contribution < -0.4 is 0 Å². The van der Waals surface area contributed by atoms with Gasteiger partial charge in [-0.1, -0.05) is 42.5 Å². The fourth-order valence-corrected chi connectivity index (χ4v) is 1.85. The van der Waals surface area contributed by atoms with Gasteiger partial charge in [-0.05, 0) is 33.7 Å². The van der Waals surface area contributed by atoms with Gasteiger partial charge in [0.1, 0.15) is 10.3 Å². The molecule has 1 N–H and O–H groups in total. The van der Waals surface area contributed by atoms with Crippen LogP contribution in [-0.2, 0) is 0 Å². The zero-order valence-electron chi connectivity index (χ0n) is 9.11. The molecule has 0 fully saturated rings. The first kappa shape index (κ1) is 12.3. The third-order valence-electron chi connectivity index (χ3n) is 2.50. The van der Waals surface area contributed by atoms with Gasteiger partial charge in [-0.25, -0.2) is 4.39 Å². The first-order valence-electron chi connectivity index (χ1n) is 5.30. The smallest absolute Gasteiger partial charge is 0.141 e. The third kappa shape index (κ3) is 3.38. The number of benzene rings is 1. The van der Waals surface area contributed by atoms with Gasteiger partial charge in [0.25, 0.3) is 0 Å². The lowest BCUT2D eigenvalue weighted by Crippen LogP contribution is -2.16. The van der Waals surface area contributed by atoms with E-state index >= 15 is 0 Å². The topological polar surface area (TPSA) is 20.2 Å². The Bertz CT molecular complexity index is 486. The monoisotopic (exact) mass is 294 g/mol. The van der Waals surface area contributed by atoms with Crippen LogP contribution in [0, 0.1) is 0 Å². The summed E-state index contributed by atoms with van der Waals surface area (Å²) < 4.78 is 12.8. The molecular weight excluding hydrogens is 283 g/mol. The molecule has 1 aromatic rings. The van der Waals surface area contributed by atoms with E-state index in [0.29, 0.717) is 12.0 Å². The lowest BCUT2D eigenvalue weighted by Gasteiger charge is -2.18. The summed E-state index contributed by atoms with van der Waals surface area (Å²) >= 11 is 3.14. The molecule has 0 aromatic heterocycles. The van der Waals surface area contributed by atoms with E-state index in [2.05, 4.69) is 15.9 Å². The van der Waals surface area contributed by atoms with Gasteiger partial charge in [-0.15, -0.1) is 0 Å². The summed E-state index contributed by atoms with van der Waals surface area (Å²) in [4.78, 5) is 0. The zero-order valence-corrected chi connectivity index (χ0v) is 10.7. The largest absolute Gasteiger partial charge is 0.375 e. The Hall–Kier alpha value is -1.19. The Balaban J connectivity index is 2.17. The summed E-state index contributed by atoms with van der Waals surface area (Å²) in [6.07, 6.45) is 6.99. The van der Waals surface area contributed by atoms with E-state index in [4.69, 9.17) is 0 Å². The first-order valence-corrected chi connectivity index (χ1v) is 6.09. The molecule has 1 aliphatic rings. The van der Waals surface area contributed by atoms with Gasteiger partial charge in [0.15, 0.2) is 0 Å². The highest BCUT2D eigenvalue weighted by atomic mass is 79.9. The fourth-order valence-electron chi connectivity index (χ4n) is 1.56. The molecule has 1 aliphatic carbocycles. The predicted molar refractivity (Wildman–Crippen MR) is 71.2 cm³/mol. The molecule has 17 heavy (non-hydrogen) atoms. The van der Waals surface area contributed by atoms with Crippen LogP contribution in [0.4, 0.5) is 4.39 Å². The van der Waals surface area contributed by atoms with Crippen molar-refractivity contribution in [3.63, 3.8) is 0 Å². The van der Waals surface area contributed by atoms with Crippen molar-refractivity contribution in [3.8, 4) is 0 Å². The Morgan fingerprint density at radius 3 is 2.65 bits per heavy atom. The minimum absolute atomic E-state index is 0.276. The standard InChI is InChI=1S/C14H12BrFO/c15-14(17)8-6-11(7-9-14)10-13(16)12-4-2-1-3-5-12/h1-8,10,17H,9H2/b13-10+. The van der Waals surface area contributed by atoms with Gasteiger partial charge in [-0.3, -0.25) is 0 Å². The summed E-state index contributed by atoms with van der Waals surface area (Å²) in [6, 6.07) is 8.89. The average Bonchev–Trinajstić information content (AvgIpc) is 2.33. The molecule has 0 heterocycles. The Labute approximate surface area is 108 Å². The Morgan fingerprint density at radius 1 is 1.35 bits per heavy atom. The van der Waals surface area contributed by atoms with Crippen molar-refractivity contribution in [2.75, 3.05) is 0 Å². The van der Waals surface area contributed by atoms with Gasteiger partial charge in [0, 0.05) is 12.0 Å². The third-order valence-corrected chi connectivity index (χ3v) is 3.09. The molecule has 2 rings (SSSR count). The SMILES string of the molecule is OC1(Br)C=CC(/C=C(/F)c2ccccc2)=CC1. The van der Waals surface area contributed by atoms with Crippen LogP contribution in [0.1, 0.15) is 12.0 Å². The molecule has 0 saturated heterocycles. The van der Waals surface area contributed by atoms with Crippen molar-refractivity contribution in [2.24, 2.45) is 0 Å². The number of aliphatic hydroxyl groups is 1. The van der Waals surface area contributed by atoms with Crippen LogP contribution in [0.15, 0.2) is 60.2 Å². The second kappa shape index (κ2) is 4.98. The number of allylic oxidation sites excluding steroid dienone is 3. The number of alkyl halides is 1. The van der Waals surface area contributed by atoms with E-state index in [1.165, 1.54) is 6.08 Å². The van der Waals surface area contributed by atoms with Crippen molar-refractivity contribution in [3.05, 3.63) is 65.8 Å². The van der Waals surface area contributed by atoms with E-state index < -0.39 is 4.51 Å². The first-order chi connectivity index (χ1) is 8.07. The minimum Gasteiger partial charge on any atom is -0.375 e. The normalized spacial score (nSPS) is 24.6. The molecule has 1 unspecified atom stereocenters. The summed E-state index contributed by atoms with van der Waals surface area (Å²) in [7, 11) is 0. The fraction of sp³-hybridized carbons (Fsp3) is 0.143. The molecule has 0 aliphatic heterocycles. The van der Waals surface area contributed by atoms with Crippen molar-refractivity contribution in [2.45, 2.75) is 10.9 Å². The van der Waals surface area contributed by atoms with Gasteiger partial charge < -0.3 is 5.11 Å². The lowest BCUT2D eigenvalue weighted by molar-refractivity contribution is 0.197. The van der Waals surface area contributed by atoms with E-state index in [1.54, 1.807) is 42.5 Å². The van der Waals surface area contributed by atoms with E-state index in [-0.39, 0.29) is 5.83 Å². The van der Waals surface area contributed by atoms with E-state index in [0.717, 1.165) is 5.57 Å². The average molecular weight is 295 g/mol. The maximum atomic E-state index is 13.8. The molecule has 0 spiro atoms. The highest BCUT2D eigenvalue weighted by molar-refractivity contribution is 9.10. The van der Waals surface area contributed by atoms with Gasteiger partial charge in [0.2, 0.25) is 0 Å². The molecule has 3 heteroatoms. The summed E-state index contributed by atoms with van der Waals surface area (Å²) in [6.45, 7) is 0. The Kier molecular flexibility index (Phi) is 3.60. The Morgan fingerprint density at radius 2 is 2.06 bits per heavy atom. The highest BCUT2D eigenvalue weighted by Gasteiger charge is 2.19. The summed E-state index contributed by atoms with van der Waals surface area (Å²) in [5.41, 5.74) is 1.32. The quantitative estimate of drug-likeness (QED) is 0.819. The zero-order chi connectivity index (χ0) is 12.3. The maximum absolute atomic E-state index is 13.8. The maximum Gasteiger partial charge on any atom is 0.141 e. The molecule has 1 nitrogen and oxygen atoms in total. The van der Waals surface area contributed by atoms with Gasteiger partial charge >= 0.3 is 0 Å². The number of hydrogen-bond donors (Lipinski definition) is 1. The van der Waals surface area contributed by atoms with Crippen LogP contribution in [0.5, 0.6) is 0 Å². The van der Waals surface area contributed by atoms with Crippen LogP contribution in [0.2, 0.25) is 0 Å². The minimum atomic E-state index is -0.992. The second-order valence-electron chi connectivity index (χ2n) is 3.92. The van der Waals surface area contributed by atoms with Crippen molar-refractivity contribution < 1.29 is 9.50 Å². The van der Waals surface area contributed by atoms with E-state index in [9.17, 15) is 9.50 Å². The molecule has 0 radical (unpaired) electrons. The molecule has 0 amide bonds. The molecule has 0 bridgehead atoms. The van der Waals surface area contributed by atoms with Crippen LogP contribution in [0.25, 0.3) is 5.83 Å². The van der Waals surface area contributed by atoms with Crippen LogP contribution in [0.3, 0.4) is 0 Å². The summed E-state index contributed by atoms with van der Waals surface area (Å²) in [5, 5.41) is 9.61. The van der Waals surface area contributed by atoms with Crippen molar-refractivity contribution >= 4 is 21.8 Å². The van der Waals surface area contributed by atoms with Gasteiger partial charge in [-0.2, -0.15) is 0 Å². The van der Waals surface area contributed by atoms with Crippen molar-refractivity contribution in [1.29, 1.82) is 0 Å². The lowest BCUT2D eigenvalue weighted by atomic mass is 10.0. The summed E-state index contributed by atoms with van der Waals surface area (Å²) in [5.74, 6) is -0.276. The van der Waals surface area contributed by atoms with Crippen molar-refractivity contribution in [1.82, 2.24) is 0 Å². The molecule has 88 valence electrons. The molecule has 1 atom stereocenters. The molecular formula is C14H12BrFO. The van der Waals surface area contributed by atoms with Gasteiger partial charge in [0.05, 0.1) is 0 Å².